The number of halogens is 3. The predicted octanol–water partition coefficient (Wildman–Crippen LogP) is 6.23. The number of phenols is 1. The molecule has 0 amide bonds. The number of carbonyl (C=O) groups is 2. The standard InChI is InChI=1S/C40H44F3N3O10S2/c1-18-12-22-8-7-11-46-24-15-52-38(49)39(23-14-25(50-5)26(56-58-40(41,42)43)13-21(23)9-10-45-39)16-57-37(31(46)30(44-4)27(22)32(48)33(18)51-6)29-28(24)36-35(53-17-54-36)19(2)34(29)55-20(3)47/h12-14,24,30-31,37,44-45,48H,7-11,15-17H2,1-6H3/t24?,30-,31?,37?,39-/m1/s1. The molecule has 0 aliphatic carbocycles. The Kier molecular flexibility index (Phi) is 10.8. The topological polar surface area (TPSA) is 146 Å². The molecule has 6 aliphatic rings. The van der Waals surface area contributed by atoms with Crippen LogP contribution in [0.1, 0.15) is 75.2 Å². The van der Waals surface area contributed by atoms with E-state index in [0.717, 1.165) is 11.1 Å². The first-order valence-corrected chi connectivity index (χ1v) is 20.7. The summed E-state index contributed by atoms with van der Waals surface area (Å²) >= 11 is 0.799. The second kappa shape index (κ2) is 15.4. The van der Waals surface area contributed by atoms with E-state index in [9.17, 15) is 27.9 Å². The summed E-state index contributed by atoms with van der Waals surface area (Å²) in [6.07, 6.45) is 1.73. The average Bonchev–Trinajstić information content (AvgIpc) is 3.67. The van der Waals surface area contributed by atoms with Crippen LogP contribution in [0.3, 0.4) is 0 Å². The molecule has 18 heteroatoms. The number of nitrogens with zero attached hydrogens (tertiary/aromatic N) is 1. The summed E-state index contributed by atoms with van der Waals surface area (Å²) in [5.41, 5.74) is -0.673. The Morgan fingerprint density at radius 1 is 1.03 bits per heavy atom. The molecule has 13 nitrogen and oxygen atoms in total. The number of benzene rings is 3. The van der Waals surface area contributed by atoms with Gasteiger partial charge in [-0.15, -0.1) is 11.8 Å². The first-order valence-electron chi connectivity index (χ1n) is 18.9. The van der Waals surface area contributed by atoms with E-state index >= 15 is 0 Å². The van der Waals surface area contributed by atoms with E-state index in [1.165, 1.54) is 39.0 Å². The van der Waals surface area contributed by atoms with Crippen LogP contribution >= 0.6 is 23.8 Å². The molecule has 0 radical (unpaired) electrons. The Hall–Kier alpha value is -4.23. The maximum atomic E-state index is 14.8. The van der Waals surface area contributed by atoms with E-state index in [1.54, 1.807) is 6.07 Å². The van der Waals surface area contributed by atoms with E-state index in [-0.39, 0.29) is 36.4 Å². The van der Waals surface area contributed by atoms with Crippen LogP contribution in [0.25, 0.3) is 0 Å². The zero-order valence-electron chi connectivity index (χ0n) is 32.7. The van der Waals surface area contributed by atoms with Gasteiger partial charge in [0.05, 0.1) is 31.6 Å². The lowest BCUT2D eigenvalue weighted by Crippen LogP contribution is -2.59. The van der Waals surface area contributed by atoms with Crippen molar-refractivity contribution in [2.45, 2.75) is 74.5 Å². The number of aromatic hydroxyl groups is 1. The number of thioether (sulfide) groups is 1. The first kappa shape index (κ1) is 40.5. The van der Waals surface area contributed by atoms with Gasteiger partial charge >= 0.3 is 17.4 Å². The van der Waals surface area contributed by atoms with Crippen LogP contribution in [-0.2, 0) is 32.7 Å². The van der Waals surface area contributed by atoms with Crippen LogP contribution in [0.5, 0.6) is 40.2 Å². The third kappa shape index (κ3) is 6.64. The van der Waals surface area contributed by atoms with Gasteiger partial charge in [0.15, 0.2) is 52.1 Å². The summed E-state index contributed by atoms with van der Waals surface area (Å²) in [5, 5.41) is 18.4. The molecule has 2 bridgehead atoms. The van der Waals surface area contributed by atoms with Crippen molar-refractivity contribution in [3.63, 3.8) is 0 Å². The fourth-order valence-corrected chi connectivity index (χ4v) is 11.5. The minimum atomic E-state index is -4.66. The van der Waals surface area contributed by atoms with E-state index in [0.29, 0.717) is 88.7 Å². The van der Waals surface area contributed by atoms with Gasteiger partial charge in [0.25, 0.3) is 0 Å². The lowest BCUT2D eigenvalue weighted by atomic mass is 9.78. The molecule has 3 N–H and O–H groups in total. The molecule has 312 valence electrons. The number of esters is 2. The van der Waals surface area contributed by atoms with Gasteiger partial charge in [-0.25, -0.2) is 4.79 Å². The fourth-order valence-electron chi connectivity index (χ4n) is 9.45. The van der Waals surface area contributed by atoms with Crippen molar-refractivity contribution in [3.05, 3.63) is 62.7 Å². The summed E-state index contributed by atoms with van der Waals surface area (Å²) in [6.45, 7) is 5.71. The molecule has 6 aliphatic heterocycles. The summed E-state index contributed by atoms with van der Waals surface area (Å²) in [7, 11) is 4.67. The molecule has 0 aromatic heterocycles. The van der Waals surface area contributed by atoms with Crippen LogP contribution in [0, 0.1) is 13.8 Å². The maximum Gasteiger partial charge on any atom is 0.479 e. The second-order valence-electron chi connectivity index (χ2n) is 14.9. The number of fused-ring (bicyclic) bond motifs is 6. The van der Waals surface area contributed by atoms with E-state index in [4.69, 9.17) is 32.6 Å². The number of hydrogen-bond acceptors (Lipinski definition) is 15. The SMILES string of the molecule is CN[C@@H]1c2c(cc(C)c(OC)c2O)CCCN2C3COC(=O)[C@]4(CSC(c5c(OC(C)=O)c(C)c6c(c53)OCO6)C12)NCCc1cc(OSC(F)(F)F)c(OC)cc14. The smallest absolute Gasteiger partial charge is 0.479 e. The molecule has 6 heterocycles. The number of methoxy groups -OCH3 is 2. The van der Waals surface area contributed by atoms with Crippen LogP contribution in [-0.4, -0.2) is 87.0 Å². The molecule has 5 atom stereocenters. The Morgan fingerprint density at radius 2 is 1.81 bits per heavy atom. The summed E-state index contributed by atoms with van der Waals surface area (Å²) < 4.78 is 80.7. The highest BCUT2D eigenvalue weighted by molar-refractivity contribution is 7.99. The van der Waals surface area contributed by atoms with Crippen molar-refractivity contribution in [3.8, 4) is 40.2 Å². The van der Waals surface area contributed by atoms with Crippen molar-refractivity contribution in [1.82, 2.24) is 15.5 Å². The van der Waals surface area contributed by atoms with Crippen molar-refractivity contribution < 1.29 is 60.5 Å². The van der Waals surface area contributed by atoms with Gasteiger partial charge < -0.3 is 43.0 Å². The highest BCUT2D eigenvalue weighted by Crippen LogP contribution is 2.62. The zero-order valence-corrected chi connectivity index (χ0v) is 34.4. The van der Waals surface area contributed by atoms with Gasteiger partial charge in [-0.05, 0) is 81.1 Å². The molecule has 58 heavy (non-hydrogen) atoms. The largest absolute Gasteiger partial charge is 0.504 e. The fraction of sp³-hybridized carbons (Fsp3) is 0.500. The van der Waals surface area contributed by atoms with Gasteiger partial charge in [0.1, 0.15) is 12.4 Å². The monoisotopic (exact) mass is 847 g/mol. The normalized spacial score (nSPS) is 25.0. The number of likely N-dealkylation sites (N-methyl/N-ethyl adjacent to an activating group) is 1. The van der Waals surface area contributed by atoms with Gasteiger partial charge in [0, 0.05) is 47.5 Å². The maximum absolute atomic E-state index is 14.8. The van der Waals surface area contributed by atoms with Crippen LogP contribution in [0.4, 0.5) is 13.2 Å². The summed E-state index contributed by atoms with van der Waals surface area (Å²) in [6, 6.07) is 3.46. The lowest BCUT2D eigenvalue weighted by Gasteiger charge is -2.53. The molecule has 3 aromatic rings. The third-order valence-corrected chi connectivity index (χ3v) is 13.6. The van der Waals surface area contributed by atoms with Crippen LogP contribution in [0.2, 0.25) is 0 Å². The Balaban J connectivity index is 1.35. The molecule has 1 spiro atoms. The average molecular weight is 848 g/mol. The molecule has 3 aromatic carbocycles. The number of alkyl halides is 3. The number of phenolic OH excluding ortho intramolecular Hbond substituents is 1. The van der Waals surface area contributed by atoms with E-state index in [2.05, 4.69) is 21.6 Å². The highest BCUT2D eigenvalue weighted by Gasteiger charge is 2.55. The minimum Gasteiger partial charge on any atom is -0.504 e. The number of ether oxygens (including phenoxy) is 6. The molecule has 0 saturated carbocycles. The van der Waals surface area contributed by atoms with E-state index in [1.807, 2.05) is 20.9 Å². The molecule has 1 saturated heterocycles. The molecule has 9 rings (SSSR count). The van der Waals surface area contributed by atoms with E-state index < -0.39 is 58.4 Å². The third-order valence-electron chi connectivity index (χ3n) is 11.7. The van der Waals surface area contributed by atoms with Gasteiger partial charge in [-0.2, -0.15) is 13.2 Å². The first-order chi connectivity index (χ1) is 27.7. The number of carbonyl (C=O) groups excluding carboxylic acids is 2. The van der Waals surface area contributed by atoms with Crippen molar-refractivity contribution in [2.75, 3.05) is 53.5 Å². The Bertz CT molecular complexity index is 2170. The number of nitrogens with one attached hydrogen (secondary N) is 2. The zero-order chi connectivity index (χ0) is 41.3. The second-order valence-corrected chi connectivity index (χ2v) is 16.8. The molecular weight excluding hydrogens is 804 g/mol. The van der Waals surface area contributed by atoms with Crippen LogP contribution in [0.15, 0.2) is 18.2 Å². The quantitative estimate of drug-likeness (QED) is 0.146. The Labute approximate surface area is 341 Å². The van der Waals surface area contributed by atoms with Crippen molar-refractivity contribution in [1.29, 1.82) is 0 Å². The number of hydrogen-bond donors (Lipinski definition) is 3. The minimum absolute atomic E-state index is 0.0126. The predicted molar refractivity (Wildman–Crippen MR) is 208 cm³/mol. The Morgan fingerprint density at radius 3 is 2.52 bits per heavy atom. The molecular formula is C40H44F3N3O10S2. The summed E-state index contributed by atoms with van der Waals surface area (Å²) in [5.74, 6) is 0.485. The molecule has 3 unspecified atom stereocenters. The summed E-state index contributed by atoms with van der Waals surface area (Å²) in [4.78, 5) is 30.0. The lowest BCUT2D eigenvalue weighted by molar-refractivity contribution is -0.154. The number of aryl methyl sites for hydroxylation is 2. The van der Waals surface area contributed by atoms with Gasteiger partial charge in [0.2, 0.25) is 6.79 Å². The van der Waals surface area contributed by atoms with Gasteiger partial charge in [-0.3, -0.25) is 15.0 Å². The number of rotatable bonds is 6. The van der Waals surface area contributed by atoms with Crippen molar-refractivity contribution in [2.24, 2.45) is 0 Å². The molecule has 1 fully saturated rings. The van der Waals surface area contributed by atoms with Gasteiger partial charge in [-0.1, -0.05) is 6.07 Å². The van der Waals surface area contributed by atoms with Crippen molar-refractivity contribution >= 4 is 35.7 Å². The highest BCUT2D eigenvalue weighted by atomic mass is 32.2. The van der Waals surface area contributed by atoms with Crippen LogP contribution < -0.4 is 38.5 Å².